The summed E-state index contributed by atoms with van der Waals surface area (Å²) in [5.74, 6) is 0.650. The molecule has 3 nitrogen and oxygen atoms in total. The van der Waals surface area contributed by atoms with Crippen molar-refractivity contribution in [2.24, 2.45) is 0 Å². The van der Waals surface area contributed by atoms with Crippen LogP contribution in [0.2, 0.25) is 0 Å². The van der Waals surface area contributed by atoms with Gasteiger partial charge in [-0.3, -0.25) is 4.79 Å². The zero-order valence-electron chi connectivity index (χ0n) is 13.7. The first-order valence-electron chi connectivity index (χ1n) is 8.11. The number of thiophene rings is 1. The van der Waals surface area contributed by atoms with Gasteiger partial charge in [-0.25, -0.2) is 0 Å². The Morgan fingerprint density at radius 1 is 1.04 bits per heavy atom. The first-order valence-corrected chi connectivity index (χ1v) is 8.99. The molecular formula is C21H17NO2S. The monoisotopic (exact) mass is 347 g/mol. The number of nitrogens with one attached hydrogen (secondary N) is 1. The fourth-order valence-electron chi connectivity index (χ4n) is 2.91. The number of hydrogen-bond donors (Lipinski definition) is 1. The van der Waals surface area contributed by atoms with E-state index < -0.39 is 0 Å². The van der Waals surface area contributed by atoms with Gasteiger partial charge in [0.25, 0.3) is 5.91 Å². The number of para-hydroxylation sites is 1. The number of carbonyl (C=O) groups excluding carboxylic acids is 1. The summed E-state index contributed by atoms with van der Waals surface area (Å²) in [6.45, 7) is 1.95. The van der Waals surface area contributed by atoms with Crippen LogP contribution in [-0.4, -0.2) is 5.91 Å². The van der Waals surface area contributed by atoms with Gasteiger partial charge in [0.1, 0.15) is 17.4 Å². The Morgan fingerprint density at radius 3 is 2.52 bits per heavy atom. The highest BCUT2D eigenvalue weighted by Crippen LogP contribution is 2.29. The average molecular weight is 347 g/mol. The third-order valence-corrected chi connectivity index (χ3v) is 5.22. The average Bonchev–Trinajstić information content (AvgIpc) is 3.26. The van der Waals surface area contributed by atoms with Gasteiger partial charge in [-0.1, -0.05) is 48.5 Å². The molecule has 0 bridgehead atoms. The van der Waals surface area contributed by atoms with Crippen molar-refractivity contribution >= 4 is 28.2 Å². The lowest BCUT2D eigenvalue weighted by molar-refractivity contribution is 0.0943. The lowest BCUT2D eigenvalue weighted by atomic mass is 10.0. The Kier molecular flexibility index (Phi) is 4.12. The third kappa shape index (κ3) is 3.08. The Bertz CT molecular complexity index is 984. The summed E-state index contributed by atoms with van der Waals surface area (Å²) < 4.78 is 6.02. The number of hydrogen-bond acceptors (Lipinski definition) is 3. The Morgan fingerprint density at radius 2 is 1.80 bits per heavy atom. The molecule has 2 aromatic heterocycles. The zero-order chi connectivity index (χ0) is 17.2. The van der Waals surface area contributed by atoms with Gasteiger partial charge in [0.2, 0.25) is 0 Å². The highest BCUT2D eigenvalue weighted by molar-refractivity contribution is 7.12. The maximum atomic E-state index is 12.8. The standard InChI is InChI=1S/C21H17NO2S/c1-14-11-12-25-20(14)21(23)22-19(15-7-3-2-4-8-15)18-13-16-9-5-6-10-17(16)24-18/h2-13,19H,1H3,(H,22,23)/t19-/m0/s1. The molecule has 2 aromatic carbocycles. The molecule has 4 heteroatoms. The van der Waals surface area contributed by atoms with Gasteiger partial charge in [0.05, 0.1) is 4.88 Å². The van der Waals surface area contributed by atoms with Crippen LogP contribution < -0.4 is 5.32 Å². The van der Waals surface area contributed by atoms with Crippen LogP contribution in [0.15, 0.2) is 76.5 Å². The van der Waals surface area contributed by atoms with Crippen molar-refractivity contribution in [3.63, 3.8) is 0 Å². The third-order valence-electron chi connectivity index (χ3n) is 4.21. The van der Waals surface area contributed by atoms with Crippen molar-refractivity contribution in [3.8, 4) is 0 Å². The molecule has 1 atom stereocenters. The Hall–Kier alpha value is -2.85. The largest absolute Gasteiger partial charge is 0.459 e. The highest BCUT2D eigenvalue weighted by Gasteiger charge is 2.22. The van der Waals surface area contributed by atoms with Crippen molar-refractivity contribution in [3.05, 3.63) is 93.9 Å². The van der Waals surface area contributed by atoms with Crippen LogP contribution in [0.4, 0.5) is 0 Å². The van der Waals surface area contributed by atoms with Crippen molar-refractivity contribution in [1.29, 1.82) is 0 Å². The van der Waals surface area contributed by atoms with Crippen LogP contribution in [-0.2, 0) is 0 Å². The maximum Gasteiger partial charge on any atom is 0.262 e. The molecule has 0 saturated carbocycles. The highest BCUT2D eigenvalue weighted by atomic mass is 32.1. The second kappa shape index (κ2) is 6.57. The molecule has 0 aliphatic carbocycles. The number of rotatable bonds is 4. The summed E-state index contributed by atoms with van der Waals surface area (Å²) in [4.78, 5) is 13.5. The van der Waals surface area contributed by atoms with Crippen molar-refractivity contribution < 1.29 is 9.21 Å². The lowest BCUT2D eigenvalue weighted by Gasteiger charge is -2.17. The van der Waals surface area contributed by atoms with Gasteiger partial charge < -0.3 is 9.73 Å². The van der Waals surface area contributed by atoms with E-state index in [-0.39, 0.29) is 11.9 Å². The van der Waals surface area contributed by atoms with Crippen LogP contribution in [0, 0.1) is 6.92 Å². The summed E-state index contributed by atoms with van der Waals surface area (Å²) in [5.41, 5.74) is 2.79. The molecule has 25 heavy (non-hydrogen) atoms. The van der Waals surface area contributed by atoms with Gasteiger partial charge in [-0.05, 0) is 41.6 Å². The van der Waals surface area contributed by atoms with E-state index in [9.17, 15) is 4.79 Å². The molecule has 124 valence electrons. The van der Waals surface area contributed by atoms with Crippen molar-refractivity contribution in [1.82, 2.24) is 5.32 Å². The summed E-state index contributed by atoms with van der Waals surface area (Å²) in [5, 5.41) is 6.09. The van der Waals surface area contributed by atoms with E-state index >= 15 is 0 Å². The molecule has 1 N–H and O–H groups in total. The molecule has 2 heterocycles. The predicted octanol–water partition coefficient (Wildman–Crippen LogP) is 5.32. The number of fused-ring (bicyclic) bond motifs is 1. The molecule has 1 amide bonds. The topological polar surface area (TPSA) is 42.2 Å². The minimum atomic E-state index is -0.331. The Balaban J connectivity index is 1.74. The summed E-state index contributed by atoms with van der Waals surface area (Å²) in [6.07, 6.45) is 0. The van der Waals surface area contributed by atoms with Crippen molar-refractivity contribution in [2.45, 2.75) is 13.0 Å². The molecule has 0 saturated heterocycles. The normalized spacial score (nSPS) is 12.2. The molecule has 0 aliphatic rings. The Labute approximate surface area is 149 Å². The van der Waals surface area contributed by atoms with E-state index in [2.05, 4.69) is 5.32 Å². The number of carbonyl (C=O) groups is 1. The van der Waals surface area contributed by atoms with Gasteiger partial charge >= 0.3 is 0 Å². The number of benzene rings is 2. The number of aryl methyl sites for hydroxylation is 1. The van der Waals surface area contributed by atoms with E-state index in [0.29, 0.717) is 0 Å². The minimum Gasteiger partial charge on any atom is -0.459 e. The van der Waals surface area contributed by atoms with E-state index in [0.717, 1.165) is 32.7 Å². The van der Waals surface area contributed by atoms with Crippen LogP contribution in [0.1, 0.15) is 32.6 Å². The second-order valence-corrected chi connectivity index (χ2v) is 6.85. The summed E-state index contributed by atoms with van der Waals surface area (Å²) in [6, 6.07) is 21.4. The fraction of sp³-hybridized carbons (Fsp3) is 0.0952. The van der Waals surface area contributed by atoms with Crippen LogP contribution in [0.5, 0.6) is 0 Å². The molecule has 4 aromatic rings. The predicted molar refractivity (Wildman–Crippen MR) is 101 cm³/mol. The first-order chi connectivity index (χ1) is 12.2. The second-order valence-electron chi connectivity index (χ2n) is 5.94. The van der Waals surface area contributed by atoms with Crippen molar-refractivity contribution in [2.75, 3.05) is 0 Å². The molecular weight excluding hydrogens is 330 g/mol. The minimum absolute atomic E-state index is 0.0817. The summed E-state index contributed by atoms with van der Waals surface area (Å²) >= 11 is 1.45. The fourth-order valence-corrected chi connectivity index (χ4v) is 3.74. The maximum absolute atomic E-state index is 12.8. The van der Waals surface area contributed by atoms with E-state index in [1.807, 2.05) is 79.0 Å². The smallest absolute Gasteiger partial charge is 0.262 e. The van der Waals surface area contributed by atoms with Crippen LogP contribution >= 0.6 is 11.3 Å². The number of furan rings is 1. The van der Waals surface area contributed by atoms with Crippen LogP contribution in [0.3, 0.4) is 0 Å². The molecule has 0 fully saturated rings. The molecule has 0 spiro atoms. The van der Waals surface area contributed by atoms with Gasteiger partial charge in [0.15, 0.2) is 0 Å². The molecule has 0 unspecified atom stereocenters. The summed E-state index contributed by atoms with van der Waals surface area (Å²) in [7, 11) is 0. The van der Waals surface area contributed by atoms with Gasteiger partial charge in [0, 0.05) is 5.39 Å². The number of amides is 1. The van der Waals surface area contributed by atoms with Gasteiger partial charge in [-0.15, -0.1) is 11.3 Å². The van der Waals surface area contributed by atoms with E-state index in [4.69, 9.17) is 4.42 Å². The van der Waals surface area contributed by atoms with E-state index in [1.165, 1.54) is 11.3 Å². The zero-order valence-corrected chi connectivity index (χ0v) is 14.5. The SMILES string of the molecule is Cc1ccsc1C(=O)N[C@@H](c1ccccc1)c1cc2ccccc2o1. The molecule has 4 rings (SSSR count). The van der Waals surface area contributed by atoms with Crippen LogP contribution in [0.25, 0.3) is 11.0 Å². The van der Waals surface area contributed by atoms with E-state index in [1.54, 1.807) is 0 Å². The molecule has 0 aliphatic heterocycles. The lowest BCUT2D eigenvalue weighted by Crippen LogP contribution is -2.28. The quantitative estimate of drug-likeness (QED) is 0.543. The van der Waals surface area contributed by atoms with Gasteiger partial charge in [-0.2, -0.15) is 0 Å². The first kappa shape index (κ1) is 15.7. The molecule has 0 radical (unpaired) electrons.